The van der Waals surface area contributed by atoms with Crippen LogP contribution < -0.4 is 5.73 Å². The fourth-order valence-corrected chi connectivity index (χ4v) is 1.21. The summed E-state index contributed by atoms with van der Waals surface area (Å²) in [4.78, 5) is 19.1. The van der Waals surface area contributed by atoms with Crippen molar-refractivity contribution >= 4 is 5.91 Å². The third kappa shape index (κ3) is 1.99. The Morgan fingerprint density at radius 3 is 2.40 bits per heavy atom. The number of pyridine rings is 2. The molecule has 4 heteroatoms. The molecule has 0 spiro atoms. The van der Waals surface area contributed by atoms with E-state index < -0.39 is 5.91 Å². The number of rotatable bonds is 2. The number of amides is 1. The third-order valence-electron chi connectivity index (χ3n) is 1.98. The van der Waals surface area contributed by atoms with Crippen molar-refractivity contribution in [3.63, 3.8) is 0 Å². The molecule has 2 heterocycles. The van der Waals surface area contributed by atoms with Crippen molar-refractivity contribution in [2.45, 2.75) is 0 Å². The maximum absolute atomic E-state index is 10.8. The predicted molar refractivity (Wildman–Crippen MR) is 56.0 cm³/mol. The van der Waals surface area contributed by atoms with Gasteiger partial charge in [-0.05, 0) is 24.3 Å². The van der Waals surface area contributed by atoms with Gasteiger partial charge in [0.05, 0.1) is 17.0 Å². The topological polar surface area (TPSA) is 68.9 Å². The van der Waals surface area contributed by atoms with Gasteiger partial charge in [0, 0.05) is 12.4 Å². The zero-order valence-corrected chi connectivity index (χ0v) is 7.92. The Morgan fingerprint density at radius 2 is 1.87 bits per heavy atom. The minimum absolute atomic E-state index is 0.398. The van der Waals surface area contributed by atoms with E-state index in [0.29, 0.717) is 5.56 Å². The van der Waals surface area contributed by atoms with Crippen LogP contribution >= 0.6 is 0 Å². The zero-order chi connectivity index (χ0) is 10.7. The second-order valence-corrected chi connectivity index (χ2v) is 3.01. The maximum atomic E-state index is 10.8. The highest BCUT2D eigenvalue weighted by atomic mass is 16.1. The molecule has 4 nitrogen and oxygen atoms in total. The Bertz CT molecular complexity index is 465. The molecule has 0 atom stereocenters. The molecule has 2 aromatic heterocycles. The molecular weight excluding hydrogens is 190 g/mol. The van der Waals surface area contributed by atoms with Crippen LogP contribution in [0.25, 0.3) is 11.4 Å². The maximum Gasteiger partial charge on any atom is 0.250 e. The monoisotopic (exact) mass is 199 g/mol. The molecule has 0 bridgehead atoms. The number of hydrogen-bond donors (Lipinski definition) is 1. The highest BCUT2D eigenvalue weighted by Crippen LogP contribution is 2.12. The Labute approximate surface area is 86.8 Å². The van der Waals surface area contributed by atoms with E-state index >= 15 is 0 Å². The molecule has 0 unspecified atom stereocenters. The fraction of sp³-hybridized carbons (Fsp3) is 0. The third-order valence-corrected chi connectivity index (χ3v) is 1.98. The van der Waals surface area contributed by atoms with Gasteiger partial charge in [0.1, 0.15) is 0 Å². The van der Waals surface area contributed by atoms with Gasteiger partial charge in [0.15, 0.2) is 0 Å². The molecule has 0 aromatic carbocycles. The van der Waals surface area contributed by atoms with Crippen molar-refractivity contribution in [2.75, 3.05) is 0 Å². The van der Waals surface area contributed by atoms with E-state index in [0.717, 1.165) is 11.4 Å². The van der Waals surface area contributed by atoms with E-state index in [1.807, 2.05) is 18.2 Å². The Hall–Kier alpha value is -2.23. The van der Waals surface area contributed by atoms with Gasteiger partial charge >= 0.3 is 0 Å². The highest BCUT2D eigenvalue weighted by Gasteiger charge is 2.02. The number of aromatic nitrogens is 2. The molecule has 0 aliphatic rings. The molecule has 2 N–H and O–H groups in total. The average molecular weight is 199 g/mol. The molecule has 0 saturated carbocycles. The summed E-state index contributed by atoms with van der Waals surface area (Å²) >= 11 is 0. The largest absolute Gasteiger partial charge is 0.366 e. The van der Waals surface area contributed by atoms with Crippen LogP contribution in [-0.2, 0) is 0 Å². The molecule has 0 saturated heterocycles. The number of carbonyl (C=O) groups is 1. The standard InChI is InChI=1S/C11H9N3O/c12-11(15)8-4-5-10(14-7-8)9-3-1-2-6-13-9/h1-7H,(H2,12,15). The van der Waals surface area contributed by atoms with Crippen molar-refractivity contribution in [3.8, 4) is 11.4 Å². The Balaban J connectivity index is 2.36. The summed E-state index contributed by atoms with van der Waals surface area (Å²) in [7, 11) is 0. The van der Waals surface area contributed by atoms with Crippen molar-refractivity contribution in [2.24, 2.45) is 5.73 Å². The summed E-state index contributed by atoms with van der Waals surface area (Å²) in [5.41, 5.74) is 7.00. The zero-order valence-electron chi connectivity index (χ0n) is 7.92. The molecule has 0 radical (unpaired) electrons. The predicted octanol–water partition coefficient (Wildman–Crippen LogP) is 1.24. The lowest BCUT2D eigenvalue weighted by Crippen LogP contribution is -2.11. The first kappa shape index (κ1) is 9.33. The Morgan fingerprint density at radius 1 is 1.07 bits per heavy atom. The van der Waals surface area contributed by atoms with Gasteiger partial charge in [-0.25, -0.2) is 0 Å². The van der Waals surface area contributed by atoms with E-state index in [1.54, 1.807) is 18.3 Å². The quantitative estimate of drug-likeness (QED) is 0.791. The summed E-state index contributed by atoms with van der Waals surface area (Å²) in [5.74, 6) is -0.477. The molecule has 1 amide bonds. The van der Waals surface area contributed by atoms with Crippen LogP contribution in [-0.4, -0.2) is 15.9 Å². The van der Waals surface area contributed by atoms with Crippen LogP contribution in [0.15, 0.2) is 42.7 Å². The lowest BCUT2D eigenvalue weighted by atomic mass is 10.2. The average Bonchev–Trinajstić information content (AvgIpc) is 2.30. The molecule has 0 fully saturated rings. The molecule has 2 rings (SSSR count). The molecule has 0 aliphatic carbocycles. The Kier molecular flexibility index (Phi) is 2.41. The van der Waals surface area contributed by atoms with Gasteiger partial charge in [0.25, 0.3) is 0 Å². The van der Waals surface area contributed by atoms with Gasteiger partial charge in [-0.1, -0.05) is 6.07 Å². The lowest BCUT2D eigenvalue weighted by Gasteiger charge is -1.99. The number of primary amides is 1. The number of hydrogen-bond acceptors (Lipinski definition) is 3. The lowest BCUT2D eigenvalue weighted by molar-refractivity contribution is 0.1000. The second-order valence-electron chi connectivity index (χ2n) is 3.01. The first-order valence-corrected chi connectivity index (χ1v) is 4.44. The van der Waals surface area contributed by atoms with E-state index in [9.17, 15) is 4.79 Å². The summed E-state index contributed by atoms with van der Waals surface area (Å²) in [6, 6.07) is 8.93. The van der Waals surface area contributed by atoms with E-state index in [-0.39, 0.29) is 0 Å². The first-order valence-electron chi connectivity index (χ1n) is 4.44. The van der Waals surface area contributed by atoms with Crippen molar-refractivity contribution < 1.29 is 4.79 Å². The number of nitrogens with zero attached hydrogens (tertiary/aromatic N) is 2. The van der Waals surface area contributed by atoms with Crippen molar-refractivity contribution in [1.29, 1.82) is 0 Å². The van der Waals surface area contributed by atoms with E-state index in [1.165, 1.54) is 6.20 Å². The van der Waals surface area contributed by atoms with E-state index in [2.05, 4.69) is 9.97 Å². The molecule has 0 aliphatic heterocycles. The summed E-state index contributed by atoms with van der Waals surface area (Å²) in [6.45, 7) is 0. The molecule has 15 heavy (non-hydrogen) atoms. The van der Waals surface area contributed by atoms with Crippen LogP contribution in [0.4, 0.5) is 0 Å². The normalized spacial score (nSPS) is 9.87. The molecular formula is C11H9N3O. The minimum atomic E-state index is -0.477. The van der Waals surface area contributed by atoms with Crippen LogP contribution in [0.3, 0.4) is 0 Å². The van der Waals surface area contributed by atoms with Crippen LogP contribution in [0, 0.1) is 0 Å². The number of carbonyl (C=O) groups excluding carboxylic acids is 1. The smallest absolute Gasteiger partial charge is 0.250 e. The van der Waals surface area contributed by atoms with Gasteiger partial charge in [-0.15, -0.1) is 0 Å². The van der Waals surface area contributed by atoms with Crippen LogP contribution in [0.2, 0.25) is 0 Å². The molecule has 74 valence electrons. The van der Waals surface area contributed by atoms with Crippen molar-refractivity contribution in [1.82, 2.24) is 9.97 Å². The minimum Gasteiger partial charge on any atom is -0.366 e. The van der Waals surface area contributed by atoms with Gasteiger partial charge < -0.3 is 5.73 Å². The van der Waals surface area contributed by atoms with Crippen molar-refractivity contribution in [3.05, 3.63) is 48.3 Å². The summed E-state index contributed by atoms with van der Waals surface area (Å²) in [6.07, 6.45) is 3.14. The van der Waals surface area contributed by atoms with Crippen LogP contribution in [0.1, 0.15) is 10.4 Å². The van der Waals surface area contributed by atoms with E-state index in [4.69, 9.17) is 5.73 Å². The number of nitrogens with two attached hydrogens (primary N) is 1. The van der Waals surface area contributed by atoms with Gasteiger partial charge in [-0.2, -0.15) is 0 Å². The fourth-order valence-electron chi connectivity index (χ4n) is 1.21. The highest BCUT2D eigenvalue weighted by molar-refractivity contribution is 5.92. The first-order chi connectivity index (χ1) is 7.27. The summed E-state index contributed by atoms with van der Waals surface area (Å²) < 4.78 is 0. The van der Waals surface area contributed by atoms with Gasteiger partial charge in [-0.3, -0.25) is 14.8 Å². The van der Waals surface area contributed by atoms with Crippen LogP contribution in [0.5, 0.6) is 0 Å². The summed E-state index contributed by atoms with van der Waals surface area (Å²) in [5, 5.41) is 0. The second kappa shape index (κ2) is 3.88. The molecule has 2 aromatic rings. The SMILES string of the molecule is NC(=O)c1ccc(-c2ccccn2)nc1. The van der Waals surface area contributed by atoms with Gasteiger partial charge in [0.2, 0.25) is 5.91 Å².